The van der Waals surface area contributed by atoms with Gasteiger partial charge in [0, 0.05) is 23.8 Å². The number of sulfonamides is 1. The summed E-state index contributed by atoms with van der Waals surface area (Å²) in [4.78, 5) is 63.7. The van der Waals surface area contributed by atoms with Gasteiger partial charge in [-0.1, -0.05) is 31.9 Å². The molecule has 7 rings (SSSR count). The molecule has 1 aromatic heterocycles. The Morgan fingerprint density at radius 3 is 2.57 bits per heavy atom. The number of aromatic nitrogens is 1. The zero-order valence-corrected chi connectivity index (χ0v) is 34.6. The fraction of sp³-hybridized carbons (Fsp3) is 0.634. The lowest BCUT2D eigenvalue weighted by atomic mass is 9.81. The first-order valence-corrected chi connectivity index (χ1v) is 21.7. The van der Waals surface area contributed by atoms with Crippen LogP contribution in [0.2, 0.25) is 0 Å². The molecule has 2 aliphatic carbocycles. The van der Waals surface area contributed by atoms with Crippen molar-refractivity contribution >= 4 is 44.7 Å². The minimum atomic E-state index is -4.11. The zero-order valence-electron chi connectivity index (χ0n) is 33.8. The summed E-state index contributed by atoms with van der Waals surface area (Å²) in [6, 6.07) is 0.0536. The second-order valence-electron chi connectivity index (χ2n) is 17.2. The fourth-order valence-electron chi connectivity index (χ4n) is 9.18. The maximum absolute atomic E-state index is 17.0. The number of methoxy groups -OCH3 is 1. The molecular formula is C41H53F2N5O9S. The predicted octanol–water partition coefficient (Wildman–Crippen LogP) is 5.70. The normalized spacial score (nSPS) is 31.3. The van der Waals surface area contributed by atoms with Crippen LogP contribution >= 0.6 is 0 Å². The molecule has 14 nitrogen and oxygen atoms in total. The molecule has 316 valence electrons. The minimum Gasteiger partial charge on any atom is -0.497 e. The van der Waals surface area contributed by atoms with Crippen molar-refractivity contribution in [2.45, 2.75) is 151 Å². The van der Waals surface area contributed by atoms with Crippen LogP contribution in [-0.4, -0.2) is 99.3 Å². The number of aryl methyl sites for hydroxylation is 1. The summed E-state index contributed by atoms with van der Waals surface area (Å²) in [5.74, 6) is -6.54. The number of nitrogens with zero attached hydrogens (tertiary/aromatic N) is 3. The standard InChI is InChI=1S/C41H53F2N5O9S/c1-7-23(2)47(37(52)53)30-14-12-10-8-9-11-13-26-20-40(26,36(51)46-58(54,55)38(5)17-18-38)45-34(49)31-21-39(25(4)48(31)35(30)50)22-41(42,43)32-28-19-27(56-6)15-16-29(28)44-24(3)33(32)57-39/h11,13,15-16,19,23,25-26,30-31H,7-10,12,14,17-18,20-22H2,1-6H3,(H,45,49)(H,46,51)(H,52,53)/b13-11-/t23?,25?,26-,30+,31+,39+,40-/m1/s1. The molecule has 1 aromatic carbocycles. The first kappa shape index (κ1) is 41.6. The summed E-state index contributed by atoms with van der Waals surface area (Å²) in [5.41, 5.74) is -3.51. The quantitative estimate of drug-likeness (QED) is 0.293. The highest BCUT2D eigenvalue weighted by atomic mass is 32.2. The number of fused-ring (bicyclic) bond motifs is 5. The molecular weight excluding hydrogens is 777 g/mol. The van der Waals surface area contributed by atoms with Crippen LogP contribution in [0.1, 0.15) is 110 Å². The third-order valence-electron chi connectivity index (χ3n) is 13.3. The van der Waals surface area contributed by atoms with E-state index in [9.17, 15) is 27.9 Å². The summed E-state index contributed by atoms with van der Waals surface area (Å²) >= 11 is 0. The molecule has 3 fully saturated rings. The third kappa shape index (κ3) is 6.93. The Kier molecular flexibility index (Phi) is 10.5. The van der Waals surface area contributed by atoms with Gasteiger partial charge in [-0.2, -0.15) is 0 Å². The van der Waals surface area contributed by atoms with E-state index in [1.807, 2.05) is 6.08 Å². The summed E-state index contributed by atoms with van der Waals surface area (Å²) in [6.07, 6.45) is 4.62. The number of hydrogen-bond acceptors (Lipinski definition) is 9. The van der Waals surface area contributed by atoms with Crippen molar-refractivity contribution in [3.8, 4) is 11.5 Å². The lowest BCUT2D eigenvalue weighted by molar-refractivity contribution is -0.148. The first-order chi connectivity index (χ1) is 27.2. The number of alkyl halides is 2. The number of rotatable bonds is 7. The molecule has 0 bridgehead atoms. The summed E-state index contributed by atoms with van der Waals surface area (Å²) in [7, 11) is -2.69. The number of benzene rings is 1. The van der Waals surface area contributed by atoms with E-state index in [1.54, 1.807) is 39.0 Å². The van der Waals surface area contributed by atoms with Gasteiger partial charge in [0.05, 0.1) is 41.1 Å². The average Bonchev–Trinajstić information content (AvgIpc) is 4.06. The number of allylic oxidation sites excluding steroid dienone is 1. The van der Waals surface area contributed by atoms with Crippen molar-refractivity contribution in [1.82, 2.24) is 24.8 Å². The topological polar surface area (TPSA) is 185 Å². The largest absolute Gasteiger partial charge is 0.497 e. The summed E-state index contributed by atoms with van der Waals surface area (Å²) in [6.45, 7) is 8.07. The number of carboxylic acid groups (broad SMARTS) is 1. The second-order valence-corrected chi connectivity index (χ2v) is 19.4. The van der Waals surface area contributed by atoms with Crippen LogP contribution in [0.4, 0.5) is 13.6 Å². The number of carbonyl (C=O) groups excluding carboxylic acids is 3. The number of amides is 4. The number of nitrogens with one attached hydrogen (secondary N) is 2. The molecule has 2 saturated carbocycles. The lowest BCUT2D eigenvalue weighted by Gasteiger charge is -2.44. The number of ether oxygens (including phenoxy) is 2. The Morgan fingerprint density at radius 2 is 1.91 bits per heavy atom. The minimum absolute atomic E-state index is 0.0709. The van der Waals surface area contributed by atoms with Gasteiger partial charge in [0.15, 0.2) is 5.75 Å². The molecule has 17 heteroatoms. The van der Waals surface area contributed by atoms with Gasteiger partial charge in [0.1, 0.15) is 29.0 Å². The van der Waals surface area contributed by atoms with E-state index in [0.29, 0.717) is 56.2 Å². The Balaban J connectivity index is 1.34. The van der Waals surface area contributed by atoms with Crippen LogP contribution in [0, 0.1) is 12.8 Å². The van der Waals surface area contributed by atoms with Crippen LogP contribution in [0.3, 0.4) is 0 Å². The molecule has 5 aliphatic rings. The Morgan fingerprint density at radius 1 is 1.19 bits per heavy atom. The summed E-state index contributed by atoms with van der Waals surface area (Å²) in [5, 5.41) is 13.4. The SMILES string of the molecule is CCC(C)N(C(=O)O)[C@H]1CCCCC/C=C\[C@@H]2C[C@@]2(C(=O)NS(=O)(=O)C2(C)CC2)NC(=O)[C@@H]2C[C@]3(CC(F)(F)c4c(c(C)nc5ccc(OC)cc45)O3)C(C)N2C1=O. The Labute approximate surface area is 337 Å². The maximum atomic E-state index is 17.0. The van der Waals surface area contributed by atoms with Crippen molar-refractivity contribution < 1.29 is 51.0 Å². The predicted molar refractivity (Wildman–Crippen MR) is 209 cm³/mol. The number of halogens is 2. The number of pyridine rings is 1. The van der Waals surface area contributed by atoms with E-state index in [4.69, 9.17) is 9.47 Å². The van der Waals surface area contributed by atoms with E-state index in [2.05, 4.69) is 15.0 Å². The van der Waals surface area contributed by atoms with Crippen LogP contribution in [0.15, 0.2) is 30.4 Å². The second kappa shape index (κ2) is 14.6. The van der Waals surface area contributed by atoms with Gasteiger partial charge in [-0.05, 0) is 90.8 Å². The molecule has 1 saturated heterocycles. The zero-order chi connectivity index (χ0) is 42.2. The van der Waals surface area contributed by atoms with Gasteiger partial charge < -0.3 is 24.8 Å². The molecule has 2 unspecified atom stereocenters. The van der Waals surface area contributed by atoms with E-state index in [-0.39, 0.29) is 29.7 Å². The molecule has 7 atom stereocenters. The molecule has 4 heterocycles. The van der Waals surface area contributed by atoms with Gasteiger partial charge in [-0.25, -0.2) is 27.0 Å². The molecule has 3 N–H and O–H groups in total. The van der Waals surface area contributed by atoms with E-state index >= 15 is 13.6 Å². The van der Waals surface area contributed by atoms with Crippen LogP contribution in [0.5, 0.6) is 11.5 Å². The van der Waals surface area contributed by atoms with Crippen molar-refractivity contribution in [3.63, 3.8) is 0 Å². The third-order valence-corrected chi connectivity index (χ3v) is 15.5. The van der Waals surface area contributed by atoms with Crippen LogP contribution < -0.4 is 19.5 Å². The fourth-order valence-corrected chi connectivity index (χ4v) is 10.5. The van der Waals surface area contributed by atoms with Gasteiger partial charge in [0.2, 0.25) is 21.8 Å². The van der Waals surface area contributed by atoms with E-state index in [0.717, 1.165) is 4.90 Å². The average molecular weight is 830 g/mol. The highest BCUT2D eigenvalue weighted by Crippen LogP contribution is 2.56. The lowest BCUT2D eigenvalue weighted by Crippen LogP contribution is -2.61. The van der Waals surface area contributed by atoms with Crippen molar-refractivity contribution in [1.29, 1.82) is 0 Å². The highest BCUT2D eigenvalue weighted by molar-refractivity contribution is 7.91. The molecule has 58 heavy (non-hydrogen) atoms. The molecule has 0 radical (unpaired) electrons. The van der Waals surface area contributed by atoms with Gasteiger partial charge >= 0.3 is 6.09 Å². The van der Waals surface area contributed by atoms with Gasteiger partial charge in [0.25, 0.3) is 11.8 Å². The Hall–Kier alpha value is -4.54. The van der Waals surface area contributed by atoms with Crippen molar-refractivity contribution in [2.75, 3.05) is 7.11 Å². The van der Waals surface area contributed by atoms with Gasteiger partial charge in [-0.3, -0.25) is 24.0 Å². The molecule has 2 aromatic rings. The number of carbonyl (C=O) groups is 4. The molecule has 4 amide bonds. The van der Waals surface area contributed by atoms with Crippen LogP contribution in [-0.2, 0) is 30.3 Å². The van der Waals surface area contributed by atoms with E-state index in [1.165, 1.54) is 31.9 Å². The molecule has 3 aliphatic heterocycles. The molecule has 1 spiro atoms. The van der Waals surface area contributed by atoms with Gasteiger partial charge in [-0.15, -0.1) is 0 Å². The highest BCUT2D eigenvalue weighted by Gasteiger charge is 2.67. The maximum Gasteiger partial charge on any atom is 0.408 e. The first-order valence-electron chi connectivity index (χ1n) is 20.2. The van der Waals surface area contributed by atoms with E-state index < -0.39 is 104 Å². The van der Waals surface area contributed by atoms with Crippen molar-refractivity contribution in [2.24, 2.45) is 5.92 Å². The van der Waals surface area contributed by atoms with Crippen LogP contribution in [0.25, 0.3) is 10.9 Å². The smallest absolute Gasteiger partial charge is 0.408 e. The Bertz CT molecular complexity index is 2180. The summed E-state index contributed by atoms with van der Waals surface area (Å²) < 4.78 is 73.6. The monoisotopic (exact) mass is 829 g/mol. The van der Waals surface area contributed by atoms with Crippen molar-refractivity contribution in [3.05, 3.63) is 41.6 Å². The number of hydrogen-bond donors (Lipinski definition) is 3.